The van der Waals surface area contributed by atoms with E-state index >= 15 is 0 Å². The van der Waals surface area contributed by atoms with Gasteiger partial charge in [0.2, 0.25) is 6.41 Å². The lowest BCUT2D eigenvalue weighted by Crippen LogP contribution is -2.23. The number of pyridine rings is 1. The van der Waals surface area contributed by atoms with Gasteiger partial charge >= 0.3 is 0 Å². The van der Waals surface area contributed by atoms with E-state index in [0.29, 0.717) is 24.1 Å². The summed E-state index contributed by atoms with van der Waals surface area (Å²) in [6.07, 6.45) is 2.54. The fourth-order valence-corrected chi connectivity index (χ4v) is 3.29. The first kappa shape index (κ1) is 19.4. The van der Waals surface area contributed by atoms with Gasteiger partial charge in [-0.15, -0.1) is 0 Å². The Hall–Kier alpha value is -3.87. The van der Waals surface area contributed by atoms with Crippen molar-refractivity contribution in [2.24, 2.45) is 0 Å². The summed E-state index contributed by atoms with van der Waals surface area (Å²) in [6, 6.07) is 17.8. The Labute approximate surface area is 174 Å². The van der Waals surface area contributed by atoms with Crippen LogP contribution in [0.4, 0.5) is 17.2 Å². The summed E-state index contributed by atoms with van der Waals surface area (Å²) in [6.45, 7) is 4.54. The first-order chi connectivity index (χ1) is 14.6. The molecule has 0 aliphatic rings. The van der Waals surface area contributed by atoms with E-state index in [1.165, 1.54) is 0 Å². The number of rotatable bonds is 7. The van der Waals surface area contributed by atoms with Crippen molar-refractivity contribution >= 4 is 34.6 Å². The summed E-state index contributed by atoms with van der Waals surface area (Å²) < 4.78 is 5.89. The highest BCUT2D eigenvalue weighted by Crippen LogP contribution is 2.32. The second-order valence-electron chi connectivity index (χ2n) is 6.96. The normalized spacial score (nSPS) is 10.8. The Morgan fingerprint density at radius 2 is 1.93 bits per heavy atom. The number of aromatic nitrogens is 3. The zero-order valence-corrected chi connectivity index (χ0v) is 17.2. The van der Waals surface area contributed by atoms with Crippen molar-refractivity contribution in [3.63, 3.8) is 0 Å². The quantitative estimate of drug-likeness (QED) is 0.450. The number of aromatic amines is 1. The Morgan fingerprint density at radius 1 is 1.13 bits per heavy atom. The molecule has 2 aromatic heterocycles. The number of nitrogens with zero attached hydrogens (tertiary/aromatic N) is 4. The van der Waals surface area contributed by atoms with Crippen LogP contribution in [-0.2, 0) is 4.79 Å². The van der Waals surface area contributed by atoms with Crippen LogP contribution in [0.3, 0.4) is 0 Å². The van der Waals surface area contributed by atoms with Crippen LogP contribution in [-0.4, -0.2) is 35.0 Å². The number of anilines is 3. The van der Waals surface area contributed by atoms with E-state index in [2.05, 4.69) is 15.0 Å². The number of carbonyl (C=O) groups is 1. The number of H-pyrrole nitrogens is 1. The third-order valence-corrected chi connectivity index (χ3v) is 4.92. The molecule has 4 aromatic rings. The minimum absolute atomic E-state index is 0.452. The van der Waals surface area contributed by atoms with Gasteiger partial charge in [-0.05, 0) is 67.9 Å². The molecule has 4 rings (SSSR count). The first-order valence-electron chi connectivity index (χ1n) is 9.74. The van der Waals surface area contributed by atoms with Gasteiger partial charge in [-0.1, -0.05) is 6.07 Å². The molecular weight excluding hydrogens is 378 g/mol. The first-order valence-corrected chi connectivity index (χ1v) is 9.74. The summed E-state index contributed by atoms with van der Waals surface area (Å²) in [5, 5.41) is 0. The number of imidazole rings is 1. The predicted molar refractivity (Wildman–Crippen MR) is 119 cm³/mol. The van der Waals surface area contributed by atoms with Gasteiger partial charge < -0.3 is 19.5 Å². The average molecular weight is 401 g/mol. The lowest BCUT2D eigenvalue weighted by molar-refractivity contribution is -0.107. The van der Waals surface area contributed by atoms with Crippen molar-refractivity contribution in [3.8, 4) is 11.8 Å². The summed E-state index contributed by atoms with van der Waals surface area (Å²) >= 11 is 0. The van der Waals surface area contributed by atoms with Gasteiger partial charge in [0.05, 0.1) is 16.7 Å². The van der Waals surface area contributed by atoms with Gasteiger partial charge in [-0.3, -0.25) is 4.79 Å². The second-order valence-corrected chi connectivity index (χ2v) is 6.96. The maximum atomic E-state index is 11.4. The van der Waals surface area contributed by atoms with Crippen LogP contribution in [0.25, 0.3) is 11.0 Å². The molecule has 0 unspecified atom stereocenters. The SMILES string of the molecule is CCN(C=O)c1cccnc1N(C)c1ccc(Oc2nc3ccc(C)cc3[nH]2)cc1. The lowest BCUT2D eigenvalue weighted by Gasteiger charge is -2.25. The number of amides is 1. The minimum atomic E-state index is 0.452. The van der Waals surface area contributed by atoms with E-state index in [1.807, 2.05) is 80.4 Å². The van der Waals surface area contributed by atoms with Gasteiger partial charge in [0, 0.05) is 25.5 Å². The molecule has 1 N–H and O–H groups in total. The van der Waals surface area contributed by atoms with Crippen LogP contribution in [0.2, 0.25) is 0 Å². The summed E-state index contributed by atoms with van der Waals surface area (Å²) in [4.78, 5) is 27.1. The van der Waals surface area contributed by atoms with Crippen molar-refractivity contribution in [1.29, 1.82) is 0 Å². The van der Waals surface area contributed by atoms with Crippen LogP contribution < -0.4 is 14.5 Å². The summed E-state index contributed by atoms with van der Waals surface area (Å²) in [5.74, 6) is 1.38. The van der Waals surface area contributed by atoms with Gasteiger partial charge in [0.15, 0.2) is 5.82 Å². The third-order valence-electron chi connectivity index (χ3n) is 4.92. The fourth-order valence-electron chi connectivity index (χ4n) is 3.29. The molecule has 0 aliphatic heterocycles. The van der Waals surface area contributed by atoms with Gasteiger partial charge in [0.1, 0.15) is 5.75 Å². The minimum Gasteiger partial charge on any atom is -0.426 e. The lowest BCUT2D eigenvalue weighted by atomic mass is 10.2. The van der Waals surface area contributed by atoms with Crippen molar-refractivity contribution < 1.29 is 9.53 Å². The van der Waals surface area contributed by atoms with Crippen LogP contribution in [0.5, 0.6) is 11.8 Å². The Kier molecular flexibility index (Phi) is 5.34. The van der Waals surface area contributed by atoms with Gasteiger partial charge in [-0.2, -0.15) is 4.98 Å². The highest BCUT2D eigenvalue weighted by Gasteiger charge is 2.15. The van der Waals surface area contributed by atoms with E-state index in [9.17, 15) is 4.79 Å². The molecular formula is C23H23N5O2. The van der Waals surface area contributed by atoms with Crippen molar-refractivity contribution in [1.82, 2.24) is 15.0 Å². The zero-order chi connectivity index (χ0) is 21.1. The van der Waals surface area contributed by atoms with Crippen LogP contribution >= 0.6 is 0 Å². The molecule has 1 amide bonds. The number of benzene rings is 2. The molecule has 0 radical (unpaired) electrons. The maximum absolute atomic E-state index is 11.4. The number of carbonyl (C=O) groups excluding carboxylic acids is 1. The van der Waals surface area contributed by atoms with Crippen LogP contribution in [0, 0.1) is 6.92 Å². The molecule has 7 nitrogen and oxygen atoms in total. The van der Waals surface area contributed by atoms with Gasteiger partial charge in [0.25, 0.3) is 6.01 Å². The topological polar surface area (TPSA) is 74.3 Å². The molecule has 0 spiro atoms. The van der Waals surface area contributed by atoms with Crippen LogP contribution in [0.15, 0.2) is 60.8 Å². The van der Waals surface area contributed by atoms with E-state index in [-0.39, 0.29) is 0 Å². The van der Waals surface area contributed by atoms with Crippen LogP contribution in [0.1, 0.15) is 12.5 Å². The highest BCUT2D eigenvalue weighted by atomic mass is 16.5. The third kappa shape index (κ3) is 3.82. The molecule has 30 heavy (non-hydrogen) atoms. The predicted octanol–water partition coefficient (Wildman–Crippen LogP) is 4.81. The Morgan fingerprint density at radius 3 is 2.67 bits per heavy atom. The molecule has 0 fully saturated rings. The molecule has 7 heteroatoms. The molecule has 0 aliphatic carbocycles. The molecule has 0 bridgehead atoms. The van der Waals surface area contributed by atoms with Crippen molar-refractivity contribution in [3.05, 3.63) is 66.4 Å². The zero-order valence-electron chi connectivity index (χ0n) is 17.2. The standard InChI is InChI=1S/C23H23N5O2/c1-4-28(15-29)21-6-5-13-24-22(21)27(3)17-8-10-18(11-9-17)30-23-25-19-12-7-16(2)14-20(19)26-23/h5-15H,4H2,1-3H3,(H,25,26). The number of hydrogen-bond acceptors (Lipinski definition) is 5. The number of fused-ring (bicyclic) bond motifs is 1. The average Bonchev–Trinajstić information content (AvgIpc) is 3.16. The number of ether oxygens (including phenoxy) is 1. The molecule has 0 atom stereocenters. The monoisotopic (exact) mass is 401 g/mol. The molecule has 0 saturated carbocycles. The van der Waals surface area contributed by atoms with E-state index < -0.39 is 0 Å². The largest absolute Gasteiger partial charge is 0.426 e. The number of aryl methyl sites for hydroxylation is 1. The fraction of sp³-hybridized carbons (Fsp3) is 0.174. The number of hydrogen-bond donors (Lipinski definition) is 1. The smallest absolute Gasteiger partial charge is 0.300 e. The molecule has 0 saturated heterocycles. The second kappa shape index (κ2) is 8.24. The molecule has 152 valence electrons. The van der Waals surface area contributed by atoms with E-state index in [4.69, 9.17) is 4.74 Å². The molecule has 2 aromatic carbocycles. The maximum Gasteiger partial charge on any atom is 0.300 e. The van der Waals surface area contributed by atoms with E-state index in [1.54, 1.807) is 11.1 Å². The van der Waals surface area contributed by atoms with Gasteiger partial charge in [-0.25, -0.2) is 4.98 Å². The summed E-state index contributed by atoms with van der Waals surface area (Å²) in [5.41, 5.74) is 4.65. The van der Waals surface area contributed by atoms with Crippen molar-refractivity contribution in [2.75, 3.05) is 23.4 Å². The van der Waals surface area contributed by atoms with E-state index in [0.717, 1.165) is 34.4 Å². The number of nitrogens with one attached hydrogen (secondary N) is 1. The highest BCUT2D eigenvalue weighted by molar-refractivity contribution is 5.84. The Balaban J connectivity index is 1.55. The summed E-state index contributed by atoms with van der Waals surface area (Å²) in [7, 11) is 1.92. The molecule has 2 heterocycles. The Bertz CT molecular complexity index is 1170. The van der Waals surface area contributed by atoms with Crippen molar-refractivity contribution in [2.45, 2.75) is 13.8 Å².